The van der Waals surface area contributed by atoms with E-state index >= 15 is 0 Å². The third kappa shape index (κ3) is 3.72. The molecule has 0 fully saturated rings. The lowest BCUT2D eigenvalue weighted by molar-refractivity contribution is -0.120. The van der Waals surface area contributed by atoms with Gasteiger partial charge in [-0.05, 0) is 35.7 Å². The molecule has 3 aromatic rings. The number of ether oxygens (including phenoxy) is 1. The van der Waals surface area contributed by atoms with Gasteiger partial charge in [0.25, 0.3) is 0 Å². The molecule has 1 amide bonds. The van der Waals surface area contributed by atoms with Crippen LogP contribution in [0.4, 0.5) is 0 Å². The Balaban J connectivity index is 1.51. The summed E-state index contributed by atoms with van der Waals surface area (Å²) in [4.78, 5) is 15.3. The molecule has 0 unspecified atom stereocenters. The molecule has 1 heterocycles. The fraction of sp³-hybridized carbons (Fsp3) is 0.211. The molecule has 0 atom stereocenters. The third-order valence-corrected chi connectivity index (χ3v) is 3.92. The van der Waals surface area contributed by atoms with Gasteiger partial charge in [-0.25, -0.2) is 0 Å². The predicted octanol–water partition coefficient (Wildman–Crippen LogP) is 3.08. The van der Waals surface area contributed by atoms with Crippen molar-refractivity contribution in [2.24, 2.45) is 0 Å². The zero-order chi connectivity index (χ0) is 16.1. The van der Waals surface area contributed by atoms with E-state index in [9.17, 15) is 4.79 Å². The Kier molecular flexibility index (Phi) is 4.62. The van der Waals surface area contributed by atoms with Gasteiger partial charge in [-0.15, -0.1) is 0 Å². The minimum Gasteiger partial charge on any atom is -0.497 e. The van der Waals surface area contributed by atoms with Gasteiger partial charge in [0.15, 0.2) is 0 Å². The molecule has 23 heavy (non-hydrogen) atoms. The summed E-state index contributed by atoms with van der Waals surface area (Å²) in [5.41, 5.74) is 3.27. The Hall–Kier alpha value is -2.75. The van der Waals surface area contributed by atoms with Gasteiger partial charge in [0.2, 0.25) is 5.91 Å². The number of amides is 1. The molecule has 0 spiro atoms. The number of para-hydroxylation sites is 1. The highest BCUT2D eigenvalue weighted by Gasteiger charge is 2.08. The number of hydrogen-bond acceptors (Lipinski definition) is 2. The van der Waals surface area contributed by atoms with Crippen molar-refractivity contribution in [3.63, 3.8) is 0 Å². The van der Waals surface area contributed by atoms with E-state index in [0.717, 1.165) is 28.6 Å². The molecule has 4 heteroatoms. The van der Waals surface area contributed by atoms with Gasteiger partial charge < -0.3 is 15.0 Å². The molecule has 1 aromatic heterocycles. The van der Waals surface area contributed by atoms with Crippen molar-refractivity contribution in [3.8, 4) is 5.75 Å². The number of nitrogens with one attached hydrogen (secondary N) is 2. The van der Waals surface area contributed by atoms with Crippen LogP contribution in [0, 0.1) is 0 Å². The van der Waals surface area contributed by atoms with E-state index < -0.39 is 0 Å². The number of hydrogen-bond donors (Lipinski definition) is 2. The van der Waals surface area contributed by atoms with Gasteiger partial charge in [-0.3, -0.25) is 4.79 Å². The van der Waals surface area contributed by atoms with Crippen molar-refractivity contribution >= 4 is 16.8 Å². The van der Waals surface area contributed by atoms with Crippen LogP contribution >= 0.6 is 0 Å². The van der Waals surface area contributed by atoms with Crippen molar-refractivity contribution < 1.29 is 9.53 Å². The average molecular weight is 308 g/mol. The topological polar surface area (TPSA) is 54.1 Å². The zero-order valence-corrected chi connectivity index (χ0v) is 13.1. The quantitative estimate of drug-likeness (QED) is 0.735. The predicted molar refractivity (Wildman–Crippen MR) is 91.7 cm³/mol. The lowest BCUT2D eigenvalue weighted by Crippen LogP contribution is -2.27. The van der Waals surface area contributed by atoms with E-state index in [0.29, 0.717) is 13.0 Å². The summed E-state index contributed by atoms with van der Waals surface area (Å²) in [5.74, 6) is 0.889. The molecule has 0 saturated carbocycles. The first-order valence-electron chi connectivity index (χ1n) is 7.71. The molecule has 3 rings (SSSR count). The Morgan fingerprint density at radius 3 is 2.70 bits per heavy atom. The second-order valence-corrected chi connectivity index (χ2v) is 5.48. The summed E-state index contributed by atoms with van der Waals surface area (Å²) >= 11 is 0. The van der Waals surface area contributed by atoms with Gasteiger partial charge in [0.05, 0.1) is 13.5 Å². The fourth-order valence-corrected chi connectivity index (χ4v) is 2.65. The molecule has 0 radical (unpaired) electrons. The van der Waals surface area contributed by atoms with Crippen LogP contribution in [0.2, 0.25) is 0 Å². The van der Waals surface area contributed by atoms with Crippen LogP contribution in [0.15, 0.2) is 54.7 Å². The summed E-state index contributed by atoms with van der Waals surface area (Å²) in [5, 5.41) is 4.09. The molecule has 0 bridgehead atoms. The largest absolute Gasteiger partial charge is 0.497 e. The first-order chi connectivity index (χ1) is 11.3. The van der Waals surface area contributed by atoms with Crippen molar-refractivity contribution in [3.05, 3.63) is 65.9 Å². The van der Waals surface area contributed by atoms with Crippen molar-refractivity contribution in [1.82, 2.24) is 10.3 Å². The smallest absolute Gasteiger partial charge is 0.224 e. The van der Waals surface area contributed by atoms with Crippen LogP contribution in [-0.2, 0) is 17.6 Å². The van der Waals surface area contributed by atoms with Crippen LogP contribution in [0.5, 0.6) is 5.75 Å². The maximum absolute atomic E-state index is 12.1. The van der Waals surface area contributed by atoms with Crippen molar-refractivity contribution in [2.75, 3.05) is 13.7 Å². The first kappa shape index (κ1) is 15.2. The molecule has 2 N–H and O–H groups in total. The first-order valence-corrected chi connectivity index (χ1v) is 7.71. The fourth-order valence-electron chi connectivity index (χ4n) is 2.65. The average Bonchev–Trinajstić information content (AvgIpc) is 2.99. The molecule has 0 aliphatic rings. The van der Waals surface area contributed by atoms with Crippen LogP contribution in [0.1, 0.15) is 11.1 Å². The molecule has 0 aliphatic heterocycles. The highest BCUT2D eigenvalue weighted by Crippen LogP contribution is 2.18. The molecule has 0 aliphatic carbocycles. The summed E-state index contributed by atoms with van der Waals surface area (Å²) in [7, 11) is 1.65. The van der Waals surface area contributed by atoms with Crippen molar-refractivity contribution in [1.29, 1.82) is 0 Å². The Bertz CT molecular complexity index is 790. The Morgan fingerprint density at radius 1 is 1.13 bits per heavy atom. The van der Waals surface area contributed by atoms with E-state index in [1.807, 2.05) is 54.7 Å². The number of aromatic amines is 1. The van der Waals surface area contributed by atoms with Gasteiger partial charge in [0, 0.05) is 23.6 Å². The number of fused-ring (bicyclic) bond motifs is 1. The van der Waals surface area contributed by atoms with E-state index in [1.165, 1.54) is 5.56 Å². The van der Waals surface area contributed by atoms with Crippen LogP contribution in [-0.4, -0.2) is 24.5 Å². The van der Waals surface area contributed by atoms with Gasteiger partial charge >= 0.3 is 0 Å². The number of aromatic nitrogens is 1. The van der Waals surface area contributed by atoms with E-state index in [1.54, 1.807) is 7.11 Å². The molecule has 2 aromatic carbocycles. The minimum atomic E-state index is 0.0447. The summed E-state index contributed by atoms with van der Waals surface area (Å²) in [6.07, 6.45) is 3.12. The minimum absolute atomic E-state index is 0.0447. The monoisotopic (exact) mass is 308 g/mol. The van der Waals surface area contributed by atoms with Crippen LogP contribution < -0.4 is 10.1 Å². The highest BCUT2D eigenvalue weighted by atomic mass is 16.5. The highest BCUT2D eigenvalue weighted by molar-refractivity contribution is 5.88. The van der Waals surface area contributed by atoms with Gasteiger partial charge in [0.1, 0.15) is 5.75 Å². The van der Waals surface area contributed by atoms with Crippen LogP contribution in [0.3, 0.4) is 0 Å². The second-order valence-electron chi connectivity index (χ2n) is 5.48. The lowest BCUT2D eigenvalue weighted by Gasteiger charge is -2.06. The molecular formula is C19H20N2O2. The Morgan fingerprint density at radius 2 is 1.91 bits per heavy atom. The van der Waals surface area contributed by atoms with Gasteiger partial charge in [-0.1, -0.05) is 30.3 Å². The SMILES string of the molecule is COc1ccc(CCNC(=O)Cc2c[nH]c3ccccc23)cc1. The standard InChI is InChI=1S/C19H20N2O2/c1-23-16-8-6-14(7-9-16)10-11-20-19(22)12-15-13-21-18-5-3-2-4-17(15)18/h2-9,13,21H,10-12H2,1H3,(H,20,22). The number of carbonyl (C=O) groups is 1. The molecule has 4 nitrogen and oxygen atoms in total. The van der Waals surface area contributed by atoms with Crippen LogP contribution in [0.25, 0.3) is 10.9 Å². The van der Waals surface area contributed by atoms with Crippen molar-refractivity contribution in [2.45, 2.75) is 12.8 Å². The number of H-pyrrole nitrogens is 1. The molecule has 118 valence electrons. The number of rotatable bonds is 6. The lowest BCUT2D eigenvalue weighted by atomic mass is 10.1. The Labute approximate surface area is 135 Å². The zero-order valence-electron chi connectivity index (χ0n) is 13.1. The maximum atomic E-state index is 12.1. The summed E-state index contributed by atoms with van der Waals surface area (Å²) < 4.78 is 5.13. The summed E-state index contributed by atoms with van der Waals surface area (Å²) in [6.45, 7) is 0.632. The molecule has 0 saturated heterocycles. The van der Waals surface area contributed by atoms with Gasteiger partial charge in [-0.2, -0.15) is 0 Å². The summed E-state index contributed by atoms with van der Waals surface area (Å²) in [6, 6.07) is 15.9. The number of carbonyl (C=O) groups excluding carboxylic acids is 1. The maximum Gasteiger partial charge on any atom is 0.224 e. The third-order valence-electron chi connectivity index (χ3n) is 3.92. The normalized spacial score (nSPS) is 10.7. The number of methoxy groups -OCH3 is 1. The molecular weight excluding hydrogens is 288 g/mol. The second kappa shape index (κ2) is 7.01. The van der Waals surface area contributed by atoms with E-state index in [-0.39, 0.29) is 5.91 Å². The number of benzene rings is 2. The van der Waals surface area contributed by atoms with E-state index in [4.69, 9.17) is 4.74 Å². The van der Waals surface area contributed by atoms with E-state index in [2.05, 4.69) is 10.3 Å².